The standard InChI is InChI=1S/C28H34ClN3O6/c1-36-23-8-6-19(16-24(23)37-2)28(10-3-4-11-28)27(35)32-14-5-12-31-26(34)21-17-20(29)7-9-22(21)38-15-13-30-25(33)18-32/h6-9,16-17H,3-5,10-15,18H2,1-2H3,(H,30,33)(H,31,34). The van der Waals surface area contributed by atoms with Gasteiger partial charge in [0, 0.05) is 18.1 Å². The molecule has 4 rings (SSSR count). The van der Waals surface area contributed by atoms with Crippen LogP contribution in [0.2, 0.25) is 5.02 Å². The largest absolute Gasteiger partial charge is 0.493 e. The molecule has 204 valence electrons. The normalized spacial score (nSPS) is 18.3. The lowest BCUT2D eigenvalue weighted by Crippen LogP contribution is -2.50. The van der Waals surface area contributed by atoms with Gasteiger partial charge in [0.2, 0.25) is 11.8 Å². The Labute approximate surface area is 227 Å². The van der Waals surface area contributed by atoms with Crippen LogP contribution in [0.5, 0.6) is 17.2 Å². The van der Waals surface area contributed by atoms with Gasteiger partial charge in [-0.1, -0.05) is 30.5 Å². The maximum Gasteiger partial charge on any atom is 0.255 e. The Morgan fingerprint density at radius 2 is 1.74 bits per heavy atom. The van der Waals surface area contributed by atoms with Crippen molar-refractivity contribution in [2.24, 2.45) is 0 Å². The van der Waals surface area contributed by atoms with Crippen LogP contribution in [0.3, 0.4) is 0 Å². The van der Waals surface area contributed by atoms with Crippen LogP contribution in [-0.4, -0.2) is 69.6 Å². The molecule has 2 aliphatic rings. The van der Waals surface area contributed by atoms with Crippen molar-refractivity contribution in [3.63, 3.8) is 0 Å². The summed E-state index contributed by atoms with van der Waals surface area (Å²) in [7, 11) is 3.14. The maximum absolute atomic E-state index is 14.2. The van der Waals surface area contributed by atoms with E-state index < -0.39 is 5.41 Å². The number of hydrogen-bond acceptors (Lipinski definition) is 6. The molecular formula is C28H34ClN3O6. The summed E-state index contributed by atoms with van der Waals surface area (Å²) in [5.41, 5.74) is 0.424. The highest BCUT2D eigenvalue weighted by Crippen LogP contribution is 2.45. The molecule has 0 unspecified atom stereocenters. The van der Waals surface area contributed by atoms with Crippen LogP contribution < -0.4 is 24.8 Å². The molecule has 1 aliphatic heterocycles. The van der Waals surface area contributed by atoms with Crippen molar-refractivity contribution in [3.8, 4) is 17.2 Å². The van der Waals surface area contributed by atoms with Crippen LogP contribution >= 0.6 is 11.6 Å². The Morgan fingerprint density at radius 1 is 0.974 bits per heavy atom. The quantitative estimate of drug-likeness (QED) is 0.613. The van der Waals surface area contributed by atoms with Gasteiger partial charge < -0.3 is 29.7 Å². The zero-order valence-electron chi connectivity index (χ0n) is 21.8. The Kier molecular flexibility index (Phi) is 8.99. The van der Waals surface area contributed by atoms with Crippen LogP contribution in [0, 0.1) is 0 Å². The third kappa shape index (κ3) is 5.99. The molecule has 1 fully saturated rings. The van der Waals surface area contributed by atoms with E-state index in [1.54, 1.807) is 37.3 Å². The summed E-state index contributed by atoms with van der Waals surface area (Å²) in [6.45, 7) is 0.955. The highest BCUT2D eigenvalue weighted by atomic mass is 35.5. The molecule has 0 atom stereocenters. The molecule has 0 spiro atoms. The predicted molar refractivity (Wildman–Crippen MR) is 143 cm³/mol. The van der Waals surface area contributed by atoms with E-state index >= 15 is 0 Å². The first-order valence-electron chi connectivity index (χ1n) is 12.9. The number of carbonyl (C=O) groups excluding carboxylic acids is 3. The number of amides is 3. The number of methoxy groups -OCH3 is 2. The van der Waals surface area contributed by atoms with Gasteiger partial charge in [-0.2, -0.15) is 0 Å². The SMILES string of the molecule is COc1ccc(C2(C(=O)N3CCCNC(=O)c4cc(Cl)ccc4OCCNC(=O)C3)CCCC2)cc1OC. The summed E-state index contributed by atoms with van der Waals surface area (Å²) < 4.78 is 16.6. The molecule has 1 saturated carbocycles. The van der Waals surface area contributed by atoms with Gasteiger partial charge >= 0.3 is 0 Å². The minimum Gasteiger partial charge on any atom is -0.493 e. The van der Waals surface area contributed by atoms with Crippen LogP contribution in [0.15, 0.2) is 36.4 Å². The molecule has 10 heteroatoms. The third-order valence-corrected chi connectivity index (χ3v) is 7.42. The van der Waals surface area contributed by atoms with Gasteiger partial charge in [-0.3, -0.25) is 14.4 Å². The van der Waals surface area contributed by atoms with E-state index in [0.717, 1.165) is 18.4 Å². The summed E-state index contributed by atoms with van der Waals surface area (Å²) in [6.07, 6.45) is 3.66. The molecule has 38 heavy (non-hydrogen) atoms. The van der Waals surface area contributed by atoms with Gasteiger partial charge in [0.1, 0.15) is 12.4 Å². The number of benzene rings is 2. The van der Waals surface area contributed by atoms with Crippen molar-refractivity contribution in [1.82, 2.24) is 15.5 Å². The number of ether oxygens (including phenoxy) is 3. The number of halogens is 1. The molecule has 0 aromatic heterocycles. The summed E-state index contributed by atoms with van der Waals surface area (Å²) >= 11 is 6.10. The average molecular weight is 544 g/mol. The molecule has 0 radical (unpaired) electrons. The molecule has 2 N–H and O–H groups in total. The first-order chi connectivity index (χ1) is 18.4. The van der Waals surface area contributed by atoms with Gasteiger partial charge in [-0.15, -0.1) is 0 Å². The minimum absolute atomic E-state index is 0.0754. The first kappa shape index (κ1) is 27.6. The van der Waals surface area contributed by atoms with E-state index in [1.165, 1.54) is 0 Å². The summed E-state index contributed by atoms with van der Waals surface area (Å²) in [5, 5.41) is 6.13. The van der Waals surface area contributed by atoms with E-state index in [1.807, 2.05) is 18.2 Å². The van der Waals surface area contributed by atoms with Crippen LogP contribution in [0.25, 0.3) is 0 Å². The number of nitrogens with zero attached hydrogens (tertiary/aromatic N) is 1. The second-order valence-electron chi connectivity index (χ2n) is 9.53. The van der Waals surface area contributed by atoms with Crippen molar-refractivity contribution in [1.29, 1.82) is 0 Å². The number of rotatable bonds is 4. The molecule has 0 saturated heterocycles. The Hall–Kier alpha value is -3.46. The van der Waals surface area contributed by atoms with E-state index in [0.29, 0.717) is 60.2 Å². The molecule has 2 aromatic rings. The highest BCUT2D eigenvalue weighted by molar-refractivity contribution is 6.31. The average Bonchev–Trinajstić information content (AvgIpc) is 3.43. The van der Waals surface area contributed by atoms with Crippen LogP contribution in [-0.2, 0) is 15.0 Å². The molecule has 1 aliphatic carbocycles. The van der Waals surface area contributed by atoms with E-state index in [2.05, 4.69) is 10.6 Å². The van der Waals surface area contributed by atoms with E-state index in [4.69, 9.17) is 25.8 Å². The van der Waals surface area contributed by atoms with Gasteiger partial charge in [0.15, 0.2) is 11.5 Å². The summed E-state index contributed by atoms with van der Waals surface area (Å²) in [5.74, 6) is 0.887. The van der Waals surface area contributed by atoms with Gasteiger partial charge in [-0.25, -0.2) is 0 Å². The van der Waals surface area contributed by atoms with Crippen molar-refractivity contribution in [2.45, 2.75) is 37.5 Å². The lowest BCUT2D eigenvalue weighted by molar-refractivity contribution is -0.141. The van der Waals surface area contributed by atoms with Crippen molar-refractivity contribution in [2.75, 3.05) is 47.0 Å². The van der Waals surface area contributed by atoms with Gasteiger partial charge in [0.05, 0.1) is 38.3 Å². The molecule has 1 heterocycles. The second kappa shape index (κ2) is 12.4. The minimum atomic E-state index is -0.757. The highest BCUT2D eigenvalue weighted by Gasteiger charge is 2.45. The van der Waals surface area contributed by atoms with Crippen molar-refractivity contribution >= 4 is 29.3 Å². The number of carbonyl (C=O) groups is 3. The summed E-state index contributed by atoms with van der Waals surface area (Å²) in [6, 6.07) is 10.4. The monoisotopic (exact) mass is 543 g/mol. The smallest absolute Gasteiger partial charge is 0.255 e. The first-order valence-corrected chi connectivity index (χ1v) is 13.2. The van der Waals surface area contributed by atoms with E-state index in [9.17, 15) is 14.4 Å². The third-order valence-electron chi connectivity index (χ3n) is 7.18. The molecular weight excluding hydrogens is 510 g/mol. The fourth-order valence-corrected chi connectivity index (χ4v) is 5.42. The van der Waals surface area contributed by atoms with Crippen LogP contribution in [0.1, 0.15) is 48.0 Å². The molecule has 3 amide bonds. The predicted octanol–water partition coefficient (Wildman–Crippen LogP) is 3.33. The fourth-order valence-electron chi connectivity index (χ4n) is 5.25. The molecule has 9 nitrogen and oxygen atoms in total. The zero-order valence-corrected chi connectivity index (χ0v) is 22.6. The lowest BCUT2D eigenvalue weighted by Gasteiger charge is -2.35. The molecule has 0 bridgehead atoms. The molecule has 2 aromatic carbocycles. The maximum atomic E-state index is 14.2. The lowest BCUT2D eigenvalue weighted by atomic mass is 9.77. The topological polar surface area (TPSA) is 106 Å². The van der Waals surface area contributed by atoms with Crippen LogP contribution in [0.4, 0.5) is 0 Å². The Bertz CT molecular complexity index is 1180. The number of fused-ring (bicyclic) bond motifs is 1. The zero-order chi connectivity index (χ0) is 27.1. The fraction of sp³-hybridized carbons (Fsp3) is 0.464. The number of hydrogen-bond donors (Lipinski definition) is 2. The van der Waals surface area contributed by atoms with Gasteiger partial charge in [0.25, 0.3) is 5.91 Å². The second-order valence-corrected chi connectivity index (χ2v) is 9.97. The summed E-state index contributed by atoms with van der Waals surface area (Å²) in [4.78, 5) is 41.5. The Morgan fingerprint density at radius 3 is 2.47 bits per heavy atom. The van der Waals surface area contributed by atoms with Gasteiger partial charge in [-0.05, 0) is 55.2 Å². The van der Waals surface area contributed by atoms with Crippen molar-refractivity contribution in [3.05, 3.63) is 52.5 Å². The number of nitrogens with one attached hydrogen (secondary N) is 2. The Balaban J connectivity index is 1.57. The van der Waals surface area contributed by atoms with E-state index in [-0.39, 0.29) is 37.4 Å². The van der Waals surface area contributed by atoms with Crippen molar-refractivity contribution < 1.29 is 28.6 Å².